The minimum atomic E-state index is 0.0490. The maximum absolute atomic E-state index is 12.0. The second kappa shape index (κ2) is 5.91. The van der Waals surface area contributed by atoms with Crippen molar-refractivity contribution in [2.75, 3.05) is 13.7 Å². The molecule has 98 valence electrons. The molecule has 1 saturated carbocycles. The average Bonchev–Trinajstić information content (AvgIpc) is 3.20. The molecule has 0 heterocycles. The molecule has 0 bridgehead atoms. The predicted molar refractivity (Wildman–Crippen MR) is 79.6 cm³/mol. The third-order valence-corrected chi connectivity index (χ3v) is 4.20. The molecule has 1 unspecified atom stereocenters. The maximum Gasteiger partial charge on any atom is 0.260 e. The van der Waals surface area contributed by atoms with E-state index in [1.54, 1.807) is 0 Å². The average molecular weight is 359 g/mol. The van der Waals surface area contributed by atoms with Crippen LogP contribution in [0.1, 0.15) is 19.8 Å². The van der Waals surface area contributed by atoms with Crippen LogP contribution in [0.4, 0.5) is 0 Å². The molecule has 1 aromatic carbocycles. The van der Waals surface area contributed by atoms with Crippen LogP contribution in [0.2, 0.25) is 0 Å². The van der Waals surface area contributed by atoms with Crippen molar-refractivity contribution in [1.82, 2.24) is 4.90 Å². The molecule has 0 N–H and O–H groups in total. The van der Waals surface area contributed by atoms with Crippen molar-refractivity contribution in [3.63, 3.8) is 0 Å². The molecule has 1 aromatic rings. The van der Waals surface area contributed by atoms with Crippen molar-refractivity contribution in [2.45, 2.75) is 25.8 Å². The van der Waals surface area contributed by atoms with Crippen molar-refractivity contribution in [3.05, 3.63) is 27.8 Å². The van der Waals surface area contributed by atoms with Crippen LogP contribution in [0.15, 0.2) is 24.3 Å². The Hall–Kier alpha value is -0.780. The number of amides is 1. The van der Waals surface area contributed by atoms with Gasteiger partial charge in [0, 0.05) is 16.7 Å². The SMILES string of the molecule is CC(C1CC1)N(C)C(=O)COc1ccc(I)cc1. The number of hydrogen-bond donors (Lipinski definition) is 0. The van der Waals surface area contributed by atoms with E-state index in [1.165, 1.54) is 12.8 Å². The molecule has 0 aromatic heterocycles. The number of carbonyl (C=O) groups excluding carboxylic acids is 1. The molecular formula is C14H18INO2. The molecule has 18 heavy (non-hydrogen) atoms. The van der Waals surface area contributed by atoms with Gasteiger partial charge in [-0.15, -0.1) is 0 Å². The number of halogens is 1. The number of hydrogen-bond acceptors (Lipinski definition) is 2. The van der Waals surface area contributed by atoms with E-state index in [4.69, 9.17) is 4.74 Å². The summed E-state index contributed by atoms with van der Waals surface area (Å²) in [6.07, 6.45) is 2.49. The van der Waals surface area contributed by atoms with E-state index in [2.05, 4.69) is 29.5 Å². The minimum absolute atomic E-state index is 0.0490. The zero-order valence-electron chi connectivity index (χ0n) is 10.7. The summed E-state index contributed by atoms with van der Waals surface area (Å²) in [5.41, 5.74) is 0. The zero-order chi connectivity index (χ0) is 13.1. The Morgan fingerprint density at radius 2 is 2.06 bits per heavy atom. The summed E-state index contributed by atoms with van der Waals surface area (Å²) in [7, 11) is 1.86. The highest BCUT2D eigenvalue weighted by Gasteiger charge is 2.32. The normalized spacial score (nSPS) is 16.2. The van der Waals surface area contributed by atoms with Crippen LogP contribution in [0, 0.1) is 9.49 Å². The Kier molecular flexibility index (Phi) is 4.48. The van der Waals surface area contributed by atoms with Crippen molar-refractivity contribution < 1.29 is 9.53 Å². The van der Waals surface area contributed by atoms with E-state index >= 15 is 0 Å². The summed E-state index contributed by atoms with van der Waals surface area (Å²) >= 11 is 2.24. The molecule has 0 spiro atoms. The number of rotatable bonds is 5. The van der Waals surface area contributed by atoms with Crippen molar-refractivity contribution in [2.24, 2.45) is 5.92 Å². The molecule has 1 aliphatic rings. The molecule has 3 nitrogen and oxygen atoms in total. The van der Waals surface area contributed by atoms with E-state index < -0.39 is 0 Å². The lowest BCUT2D eigenvalue weighted by Gasteiger charge is -2.24. The van der Waals surface area contributed by atoms with Crippen molar-refractivity contribution in [3.8, 4) is 5.75 Å². The lowest BCUT2D eigenvalue weighted by molar-refractivity contribution is -0.134. The maximum atomic E-state index is 12.0. The standard InChI is InChI=1S/C14H18INO2/c1-10(11-3-4-11)16(2)14(17)9-18-13-7-5-12(15)6-8-13/h5-8,10-11H,3-4,9H2,1-2H3. The smallest absolute Gasteiger partial charge is 0.260 e. The van der Waals surface area contributed by atoms with Crippen LogP contribution >= 0.6 is 22.6 Å². The van der Waals surface area contributed by atoms with Gasteiger partial charge in [-0.25, -0.2) is 0 Å². The monoisotopic (exact) mass is 359 g/mol. The lowest BCUT2D eigenvalue weighted by Crippen LogP contribution is -2.39. The molecule has 2 rings (SSSR count). The summed E-state index contributed by atoms with van der Waals surface area (Å²) in [5, 5.41) is 0. The van der Waals surface area contributed by atoms with E-state index in [-0.39, 0.29) is 12.5 Å². The van der Waals surface area contributed by atoms with E-state index in [0.717, 1.165) is 9.32 Å². The Bertz CT molecular complexity index is 414. The first kappa shape index (κ1) is 13.6. The van der Waals surface area contributed by atoms with Gasteiger partial charge in [0.25, 0.3) is 5.91 Å². The largest absolute Gasteiger partial charge is 0.484 e. The van der Waals surface area contributed by atoms with Crippen LogP contribution in [0.5, 0.6) is 5.75 Å². The highest BCUT2D eigenvalue weighted by atomic mass is 127. The van der Waals surface area contributed by atoms with Gasteiger partial charge in [-0.3, -0.25) is 4.79 Å². The lowest BCUT2D eigenvalue weighted by atomic mass is 10.2. The summed E-state index contributed by atoms with van der Waals surface area (Å²) < 4.78 is 6.66. The second-order valence-corrected chi connectivity index (χ2v) is 6.07. The highest BCUT2D eigenvalue weighted by Crippen LogP contribution is 2.34. The van der Waals surface area contributed by atoms with Gasteiger partial charge >= 0.3 is 0 Å². The quantitative estimate of drug-likeness (QED) is 0.757. The van der Waals surface area contributed by atoms with E-state index in [0.29, 0.717) is 12.0 Å². The fourth-order valence-electron chi connectivity index (χ4n) is 1.90. The third kappa shape index (κ3) is 3.60. The zero-order valence-corrected chi connectivity index (χ0v) is 12.9. The van der Waals surface area contributed by atoms with Gasteiger partial charge in [0.1, 0.15) is 5.75 Å². The third-order valence-electron chi connectivity index (χ3n) is 3.48. The number of benzene rings is 1. The molecule has 4 heteroatoms. The molecule has 1 amide bonds. The van der Waals surface area contributed by atoms with E-state index in [1.807, 2.05) is 36.2 Å². The number of likely N-dealkylation sites (N-methyl/N-ethyl adjacent to an activating group) is 1. The topological polar surface area (TPSA) is 29.5 Å². The Labute approximate surface area is 122 Å². The molecule has 1 aliphatic carbocycles. The van der Waals surface area contributed by atoms with Gasteiger partial charge in [-0.1, -0.05) is 0 Å². The highest BCUT2D eigenvalue weighted by molar-refractivity contribution is 14.1. The van der Waals surface area contributed by atoms with Crippen LogP contribution < -0.4 is 4.74 Å². The summed E-state index contributed by atoms with van der Waals surface area (Å²) in [5.74, 6) is 1.49. The number of ether oxygens (including phenoxy) is 1. The predicted octanol–water partition coefficient (Wildman–Crippen LogP) is 2.93. The molecule has 0 aliphatic heterocycles. The molecule has 1 fully saturated rings. The first-order valence-corrected chi connectivity index (χ1v) is 7.30. The fourth-order valence-corrected chi connectivity index (χ4v) is 2.26. The minimum Gasteiger partial charge on any atom is -0.484 e. The first-order chi connectivity index (χ1) is 8.58. The summed E-state index contributed by atoms with van der Waals surface area (Å²) in [6, 6.07) is 8.05. The van der Waals surface area contributed by atoms with Crippen LogP contribution in [-0.2, 0) is 4.79 Å². The number of carbonyl (C=O) groups is 1. The Morgan fingerprint density at radius 3 is 2.61 bits per heavy atom. The Balaban J connectivity index is 1.81. The number of nitrogens with zero attached hydrogens (tertiary/aromatic N) is 1. The summed E-state index contributed by atoms with van der Waals surface area (Å²) in [6.45, 7) is 2.23. The van der Waals surface area contributed by atoms with E-state index in [9.17, 15) is 4.79 Å². The van der Waals surface area contributed by atoms with Gasteiger partial charge in [-0.05, 0) is 72.5 Å². The molecule has 0 saturated heterocycles. The first-order valence-electron chi connectivity index (χ1n) is 6.22. The van der Waals surface area contributed by atoms with Gasteiger partial charge in [-0.2, -0.15) is 0 Å². The second-order valence-electron chi connectivity index (χ2n) is 4.83. The van der Waals surface area contributed by atoms with Crippen molar-refractivity contribution >= 4 is 28.5 Å². The Morgan fingerprint density at radius 1 is 1.44 bits per heavy atom. The van der Waals surface area contributed by atoms with Crippen LogP contribution in [0.3, 0.4) is 0 Å². The van der Waals surface area contributed by atoms with Gasteiger partial charge in [0.15, 0.2) is 6.61 Å². The summed E-state index contributed by atoms with van der Waals surface area (Å²) in [4.78, 5) is 13.8. The van der Waals surface area contributed by atoms with Crippen LogP contribution in [-0.4, -0.2) is 30.5 Å². The van der Waals surface area contributed by atoms with Crippen molar-refractivity contribution in [1.29, 1.82) is 0 Å². The molecular weight excluding hydrogens is 341 g/mol. The molecule has 0 radical (unpaired) electrons. The van der Waals surface area contributed by atoms with Gasteiger partial charge < -0.3 is 9.64 Å². The van der Waals surface area contributed by atoms with Gasteiger partial charge in [0.2, 0.25) is 0 Å². The fraction of sp³-hybridized carbons (Fsp3) is 0.500. The molecule has 1 atom stereocenters. The van der Waals surface area contributed by atoms with Crippen LogP contribution in [0.25, 0.3) is 0 Å². The van der Waals surface area contributed by atoms with Gasteiger partial charge in [0.05, 0.1) is 0 Å².